The average Bonchev–Trinajstić information content (AvgIpc) is 2.20. The summed E-state index contributed by atoms with van der Waals surface area (Å²) >= 11 is 0. The van der Waals surface area contributed by atoms with Crippen LogP contribution in [0.15, 0.2) is 0 Å². The number of piperidine rings is 1. The molecule has 2 atom stereocenters. The Morgan fingerprint density at radius 2 is 2.07 bits per heavy atom. The summed E-state index contributed by atoms with van der Waals surface area (Å²) in [4.78, 5) is 2.55. The van der Waals surface area contributed by atoms with E-state index in [9.17, 15) is 0 Å². The molecule has 0 aromatic heterocycles. The third-order valence-electron chi connectivity index (χ3n) is 3.83. The van der Waals surface area contributed by atoms with Gasteiger partial charge in [0.2, 0.25) is 0 Å². The number of hydrogen-bond acceptors (Lipinski definition) is 2. The number of hydrogen-bond donors (Lipinski definition) is 0. The quantitative estimate of drug-likeness (QED) is 0.713. The molecule has 86 valence electrons. The summed E-state index contributed by atoms with van der Waals surface area (Å²) in [6, 6.07) is 3.07. The number of likely N-dealkylation sites (tertiary alicyclic amines) is 1. The van der Waals surface area contributed by atoms with Crippen LogP contribution in [0.4, 0.5) is 0 Å². The maximum Gasteiger partial charge on any atom is 0.0684 e. The molecule has 1 aliphatic rings. The lowest BCUT2D eigenvalue weighted by Crippen LogP contribution is -2.43. The number of nitrogens with zero attached hydrogens (tertiary/aromatic N) is 2. The Kier molecular flexibility index (Phi) is 4.16. The Morgan fingerprint density at radius 1 is 1.40 bits per heavy atom. The molecule has 2 nitrogen and oxygen atoms in total. The van der Waals surface area contributed by atoms with Gasteiger partial charge in [0.1, 0.15) is 0 Å². The highest BCUT2D eigenvalue weighted by Crippen LogP contribution is 2.25. The van der Waals surface area contributed by atoms with Crippen LogP contribution in [0.5, 0.6) is 0 Å². The van der Waals surface area contributed by atoms with Crippen molar-refractivity contribution in [3.8, 4) is 6.07 Å². The zero-order valence-corrected chi connectivity index (χ0v) is 10.6. The summed E-state index contributed by atoms with van der Waals surface area (Å²) in [5, 5.41) is 8.97. The van der Waals surface area contributed by atoms with Crippen LogP contribution in [0.3, 0.4) is 0 Å². The first kappa shape index (κ1) is 12.5. The molecule has 0 amide bonds. The Labute approximate surface area is 94.3 Å². The van der Waals surface area contributed by atoms with Gasteiger partial charge in [0.15, 0.2) is 0 Å². The highest BCUT2D eigenvalue weighted by atomic mass is 15.2. The van der Waals surface area contributed by atoms with Crippen LogP contribution in [-0.2, 0) is 0 Å². The molecule has 0 N–H and O–H groups in total. The van der Waals surface area contributed by atoms with Gasteiger partial charge in [-0.15, -0.1) is 0 Å². The van der Waals surface area contributed by atoms with Gasteiger partial charge in [-0.3, -0.25) is 0 Å². The van der Waals surface area contributed by atoms with E-state index in [1.807, 2.05) is 13.8 Å². The Balaban J connectivity index is 2.42. The van der Waals surface area contributed by atoms with E-state index in [0.717, 1.165) is 18.9 Å². The lowest BCUT2D eigenvalue weighted by Gasteiger charge is -2.38. The average molecular weight is 208 g/mol. The fourth-order valence-electron chi connectivity index (χ4n) is 2.22. The second-order valence-electron chi connectivity index (χ2n) is 5.64. The van der Waals surface area contributed by atoms with Crippen molar-refractivity contribution in [1.29, 1.82) is 5.26 Å². The predicted octanol–water partition coefficient (Wildman–Crippen LogP) is 3.05. The maximum absolute atomic E-state index is 8.97. The fraction of sp³-hybridized carbons (Fsp3) is 0.923. The van der Waals surface area contributed by atoms with Gasteiger partial charge in [0, 0.05) is 6.04 Å². The molecule has 1 saturated heterocycles. The fourth-order valence-corrected chi connectivity index (χ4v) is 2.22. The summed E-state index contributed by atoms with van der Waals surface area (Å²) in [7, 11) is 0. The smallest absolute Gasteiger partial charge is 0.0684 e. The molecule has 1 fully saturated rings. The third kappa shape index (κ3) is 3.50. The van der Waals surface area contributed by atoms with Gasteiger partial charge in [-0.1, -0.05) is 6.92 Å². The van der Waals surface area contributed by atoms with Crippen LogP contribution in [0.2, 0.25) is 0 Å². The first-order valence-corrected chi connectivity index (χ1v) is 6.11. The zero-order chi connectivity index (χ0) is 11.5. The Bertz CT molecular complexity index is 239. The van der Waals surface area contributed by atoms with Gasteiger partial charge in [-0.05, 0) is 59.0 Å². The van der Waals surface area contributed by atoms with Crippen molar-refractivity contribution in [2.75, 3.05) is 13.1 Å². The highest BCUT2D eigenvalue weighted by Gasteiger charge is 2.26. The van der Waals surface area contributed by atoms with E-state index in [1.165, 1.54) is 19.4 Å². The first-order chi connectivity index (χ1) is 6.96. The van der Waals surface area contributed by atoms with Gasteiger partial charge in [0.25, 0.3) is 0 Å². The highest BCUT2D eigenvalue weighted by molar-refractivity contribution is 4.92. The second kappa shape index (κ2) is 4.99. The Morgan fingerprint density at radius 3 is 2.67 bits per heavy atom. The second-order valence-corrected chi connectivity index (χ2v) is 5.64. The van der Waals surface area contributed by atoms with Crippen LogP contribution in [0, 0.1) is 22.7 Å². The summed E-state index contributed by atoms with van der Waals surface area (Å²) in [6.07, 6.45) is 3.67. The molecule has 15 heavy (non-hydrogen) atoms. The molecule has 0 aromatic rings. The third-order valence-corrected chi connectivity index (χ3v) is 3.83. The van der Waals surface area contributed by atoms with Gasteiger partial charge < -0.3 is 4.90 Å². The normalized spacial score (nSPS) is 28.7. The minimum absolute atomic E-state index is 0.166. The Hall–Kier alpha value is -0.550. The maximum atomic E-state index is 8.97. The van der Waals surface area contributed by atoms with Crippen LogP contribution in [0.1, 0.15) is 47.0 Å². The molecule has 0 aliphatic carbocycles. The molecular weight excluding hydrogens is 184 g/mol. The van der Waals surface area contributed by atoms with Gasteiger partial charge in [0.05, 0.1) is 11.5 Å². The van der Waals surface area contributed by atoms with Gasteiger partial charge in [-0.25, -0.2) is 0 Å². The molecule has 0 radical (unpaired) electrons. The van der Waals surface area contributed by atoms with Crippen LogP contribution in [0.25, 0.3) is 0 Å². The molecular formula is C13H24N2. The van der Waals surface area contributed by atoms with Gasteiger partial charge in [-0.2, -0.15) is 5.26 Å². The molecule has 0 spiro atoms. The molecule has 1 heterocycles. The summed E-state index contributed by atoms with van der Waals surface area (Å²) in [5.74, 6) is 0.809. The van der Waals surface area contributed by atoms with Crippen molar-refractivity contribution >= 4 is 0 Å². The lowest BCUT2D eigenvalue weighted by atomic mass is 9.88. The van der Waals surface area contributed by atoms with Crippen LogP contribution < -0.4 is 0 Å². The van der Waals surface area contributed by atoms with Crippen molar-refractivity contribution in [3.63, 3.8) is 0 Å². The number of nitriles is 1. The molecule has 2 heteroatoms. The first-order valence-electron chi connectivity index (χ1n) is 6.11. The number of rotatable bonds is 3. The van der Waals surface area contributed by atoms with Crippen molar-refractivity contribution in [2.45, 2.75) is 53.0 Å². The molecule has 0 bridgehead atoms. The van der Waals surface area contributed by atoms with E-state index in [0.29, 0.717) is 6.04 Å². The van der Waals surface area contributed by atoms with E-state index >= 15 is 0 Å². The van der Waals surface area contributed by atoms with Crippen LogP contribution >= 0.6 is 0 Å². The summed E-state index contributed by atoms with van der Waals surface area (Å²) in [6.45, 7) is 11.0. The van der Waals surface area contributed by atoms with E-state index in [2.05, 4.69) is 24.8 Å². The minimum Gasteiger partial charge on any atom is -0.300 e. The van der Waals surface area contributed by atoms with Crippen molar-refractivity contribution in [3.05, 3.63) is 0 Å². The van der Waals surface area contributed by atoms with E-state index in [-0.39, 0.29) is 5.41 Å². The summed E-state index contributed by atoms with van der Waals surface area (Å²) < 4.78 is 0. The monoisotopic (exact) mass is 208 g/mol. The van der Waals surface area contributed by atoms with Crippen molar-refractivity contribution < 1.29 is 0 Å². The SMILES string of the molecule is CC1CCCN(CCC(C)(C)C#N)C1C. The van der Waals surface area contributed by atoms with Crippen LogP contribution in [-0.4, -0.2) is 24.0 Å². The zero-order valence-electron chi connectivity index (χ0n) is 10.6. The molecule has 1 rings (SSSR count). The minimum atomic E-state index is -0.166. The molecule has 1 aliphatic heterocycles. The topological polar surface area (TPSA) is 27.0 Å². The van der Waals surface area contributed by atoms with E-state index < -0.39 is 0 Å². The van der Waals surface area contributed by atoms with Crippen molar-refractivity contribution in [2.24, 2.45) is 11.3 Å². The standard InChI is InChI=1S/C13H24N2/c1-11-6-5-8-15(12(11)2)9-7-13(3,4)10-14/h11-12H,5-9H2,1-4H3. The summed E-state index contributed by atoms with van der Waals surface area (Å²) in [5.41, 5.74) is -0.166. The molecule has 0 aromatic carbocycles. The molecule has 0 saturated carbocycles. The van der Waals surface area contributed by atoms with Gasteiger partial charge >= 0.3 is 0 Å². The largest absolute Gasteiger partial charge is 0.300 e. The predicted molar refractivity (Wildman–Crippen MR) is 63.4 cm³/mol. The van der Waals surface area contributed by atoms with E-state index in [4.69, 9.17) is 5.26 Å². The molecule has 2 unspecified atom stereocenters. The lowest BCUT2D eigenvalue weighted by molar-refractivity contribution is 0.104. The van der Waals surface area contributed by atoms with Crippen molar-refractivity contribution in [1.82, 2.24) is 4.90 Å². The van der Waals surface area contributed by atoms with E-state index in [1.54, 1.807) is 0 Å².